The highest BCUT2D eigenvalue weighted by Crippen LogP contribution is 2.76. The molecule has 6 heteroatoms. The molecule has 0 aromatic carbocycles. The maximum Gasteiger partial charge on any atom is 0.302 e. The summed E-state index contributed by atoms with van der Waals surface area (Å²) in [4.78, 5) is 34.1. The summed E-state index contributed by atoms with van der Waals surface area (Å²) in [7, 11) is 0. The smallest absolute Gasteiger partial charge is 0.302 e. The molecule has 8 atom stereocenters. The molecule has 6 nitrogen and oxygen atoms in total. The highest BCUT2D eigenvalue weighted by Gasteiger charge is 2.70. The predicted molar refractivity (Wildman–Crippen MR) is 163 cm³/mol. The van der Waals surface area contributed by atoms with Crippen LogP contribution in [0.2, 0.25) is 0 Å². The molecule has 0 saturated heterocycles. The lowest BCUT2D eigenvalue weighted by Gasteiger charge is -2.72. The number of fused-ring (bicyclic) bond motifs is 9. The Hall–Kier alpha value is -2.24. The first-order chi connectivity index (χ1) is 19.6. The van der Waals surface area contributed by atoms with E-state index in [9.17, 15) is 9.59 Å². The van der Waals surface area contributed by atoms with Gasteiger partial charge in [-0.3, -0.25) is 19.6 Å². The number of carbonyl (C=O) groups excluding carboxylic acids is 2. The number of esters is 2. The van der Waals surface area contributed by atoms with Crippen molar-refractivity contribution in [2.45, 2.75) is 125 Å². The fraction of sp³-hybridized carbons (Fsp3) is 0.778. The number of ether oxygens (including phenoxy) is 2. The molecular formula is C36H52N2O4. The molecule has 1 aromatic heterocycles. The van der Waals surface area contributed by atoms with E-state index in [1.807, 2.05) is 12.4 Å². The number of carbonyl (C=O) groups is 2. The molecule has 0 bridgehead atoms. The summed E-state index contributed by atoms with van der Waals surface area (Å²) in [5, 5.41) is 0. The van der Waals surface area contributed by atoms with E-state index in [4.69, 9.17) is 19.4 Å². The quantitative estimate of drug-likeness (QED) is 0.342. The van der Waals surface area contributed by atoms with Gasteiger partial charge in [-0.2, -0.15) is 0 Å². The number of aromatic nitrogens is 2. The lowest BCUT2D eigenvalue weighted by Crippen LogP contribution is -2.66. The number of hydrogen-bond donors (Lipinski definition) is 0. The van der Waals surface area contributed by atoms with Crippen LogP contribution in [0, 0.1) is 45.3 Å². The monoisotopic (exact) mass is 576 g/mol. The average Bonchev–Trinajstić information content (AvgIpc) is 3.20. The number of allylic oxidation sites excluding steroid dienone is 1. The van der Waals surface area contributed by atoms with E-state index >= 15 is 0 Å². The van der Waals surface area contributed by atoms with Crippen molar-refractivity contribution in [3.05, 3.63) is 29.4 Å². The van der Waals surface area contributed by atoms with Crippen LogP contribution in [-0.4, -0.2) is 34.6 Å². The molecule has 0 radical (unpaired) electrons. The molecule has 4 fully saturated rings. The van der Waals surface area contributed by atoms with Gasteiger partial charge in [-0.25, -0.2) is 0 Å². The zero-order chi connectivity index (χ0) is 30.5. The van der Waals surface area contributed by atoms with Crippen molar-refractivity contribution in [1.82, 2.24) is 9.97 Å². The van der Waals surface area contributed by atoms with Crippen molar-refractivity contribution in [2.24, 2.45) is 45.3 Å². The van der Waals surface area contributed by atoms with Crippen molar-refractivity contribution < 1.29 is 19.1 Å². The molecule has 0 aliphatic heterocycles. The third-order valence-corrected chi connectivity index (χ3v) is 13.8. The van der Waals surface area contributed by atoms with E-state index in [0.717, 1.165) is 43.5 Å². The summed E-state index contributed by atoms with van der Waals surface area (Å²) in [6, 6.07) is 0. The van der Waals surface area contributed by atoms with Crippen LogP contribution in [0.15, 0.2) is 18.0 Å². The first-order valence-corrected chi connectivity index (χ1v) is 16.5. The largest absolute Gasteiger partial charge is 0.465 e. The molecule has 230 valence electrons. The van der Waals surface area contributed by atoms with Gasteiger partial charge in [0.2, 0.25) is 0 Å². The second kappa shape index (κ2) is 9.63. The summed E-state index contributed by atoms with van der Waals surface area (Å²) in [5.41, 5.74) is 5.00. The van der Waals surface area contributed by atoms with Gasteiger partial charge < -0.3 is 9.47 Å². The topological polar surface area (TPSA) is 78.4 Å². The normalized spacial score (nSPS) is 41.7. The minimum Gasteiger partial charge on any atom is -0.465 e. The Kier molecular flexibility index (Phi) is 6.84. The molecule has 4 saturated carbocycles. The molecule has 1 aromatic rings. The van der Waals surface area contributed by atoms with Crippen molar-refractivity contribution in [3.8, 4) is 0 Å². The van der Waals surface area contributed by atoms with Crippen LogP contribution in [0.1, 0.15) is 125 Å². The van der Waals surface area contributed by atoms with Crippen LogP contribution in [0.3, 0.4) is 0 Å². The van der Waals surface area contributed by atoms with E-state index in [1.54, 1.807) is 6.92 Å². The Balaban J connectivity index is 1.43. The summed E-state index contributed by atoms with van der Waals surface area (Å²) >= 11 is 0. The van der Waals surface area contributed by atoms with E-state index in [0.29, 0.717) is 30.3 Å². The molecule has 1 unspecified atom stereocenters. The second-order valence-electron chi connectivity index (χ2n) is 16.2. The molecule has 6 rings (SSSR count). The highest BCUT2D eigenvalue weighted by atomic mass is 16.5. The van der Waals surface area contributed by atoms with Gasteiger partial charge in [0.15, 0.2) is 0 Å². The van der Waals surface area contributed by atoms with Crippen LogP contribution in [-0.2, 0) is 24.5 Å². The van der Waals surface area contributed by atoms with Crippen molar-refractivity contribution >= 4 is 17.5 Å². The standard InChI is InChI=1S/C36H52N2O4/c1-21(2)28-29-24-10-11-26-33(7)14-13-27(42-23(4)40)32(5,6)25(33)12-15-35(26,9)34(24,8)16-17-36(29,20-41-22(3)39)31-30(28)37-18-19-38-31/h18-19,21,24-27H,10-17,20H2,1-9H3/t24-,25+,26-,27?,33+,34-,35-,36+/m1/s1. The Morgan fingerprint density at radius 2 is 1.57 bits per heavy atom. The predicted octanol–water partition coefficient (Wildman–Crippen LogP) is 7.70. The Bertz CT molecular complexity index is 1330. The van der Waals surface area contributed by atoms with Gasteiger partial charge in [0.1, 0.15) is 12.7 Å². The van der Waals surface area contributed by atoms with Gasteiger partial charge in [0.25, 0.3) is 0 Å². The lowest BCUT2D eigenvalue weighted by molar-refractivity contribution is -0.231. The van der Waals surface area contributed by atoms with Crippen LogP contribution in [0.25, 0.3) is 5.57 Å². The molecule has 5 aliphatic carbocycles. The molecule has 42 heavy (non-hydrogen) atoms. The fourth-order valence-corrected chi connectivity index (χ4v) is 11.9. The second-order valence-corrected chi connectivity index (χ2v) is 16.2. The Labute approximate surface area is 252 Å². The minimum absolute atomic E-state index is 0.00308. The van der Waals surface area contributed by atoms with Gasteiger partial charge in [-0.15, -0.1) is 0 Å². The molecular weight excluding hydrogens is 524 g/mol. The van der Waals surface area contributed by atoms with Crippen LogP contribution < -0.4 is 0 Å². The van der Waals surface area contributed by atoms with E-state index < -0.39 is 0 Å². The Morgan fingerprint density at radius 1 is 0.857 bits per heavy atom. The molecule has 5 aliphatic rings. The van der Waals surface area contributed by atoms with Crippen molar-refractivity contribution in [1.29, 1.82) is 0 Å². The first kappa shape index (κ1) is 29.8. The Morgan fingerprint density at radius 3 is 2.24 bits per heavy atom. The lowest BCUT2D eigenvalue weighted by atomic mass is 9.33. The maximum atomic E-state index is 12.2. The zero-order valence-electron chi connectivity index (χ0n) is 27.4. The summed E-state index contributed by atoms with van der Waals surface area (Å²) in [6.07, 6.45) is 12.5. The van der Waals surface area contributed by atoms with Crippen LogP contribution in [0.5, 0.6) is 0 Å². The summed E-state index contributed by atoms with van der Waals surface area (Å²) < 4.78 is 11.8. The van der Waals surface area contributed by atoms with Gasteiger partial charge in [-0.1, -0.05) is 48.5 Å². The van der Waals surface area contributed by atoms with Gasteiger partial charge >= 0.3 is 11.9 Å². The zero-order valence-corrected chi connectivity index (χ0v) is 27.4. The van der Waals surface area contributed by atoms with Gasteiger partial charge in [0, 0.05) is 31.7 Å². The highest BCUT2D eigenvalue weighted by molar-refractivity contribution is 5.79. The molecule has 0 spiro atoms. The van der Waals surface area contributed by atoms with Gasteiger partial charge in [0.05, 0.1) is 16.8 Å². The summed E-state index contributed by atoms with van der Waals surface area (Å²) in [6.45, 7) is 20.6. The molecule has 0 N–H and O–H groups in total. The van der Waals surface area contributed by atoms with Crippen LogP contribution >= 0.6 is 0 Å². The number of nitrogens with zero attached hydrogens (tertiary/aromatic N) is 2. The van der Waals surface area contributed by atoms with Crippen LogP contribution in [0.4, 0.5) is 0 Å². The summed E-state index contributed by atoms with van der Waals surface area (Å²) in [5.74, 6) is 1.49. The minimum atomic E-state index is -0.382. The molecule has 0 amide bonds. The number of hydrogen-bond acceptors (Lipinski definition) is 6. The van der Waals surface area contributed by atoms with E-state index in [2.05, 4.69) is 48.5 Å². The van der Waals surface area contributed by atoms with Crippen molar-refractivity contribution in [2.75, 3.05) is 6.61 Å². The molecule has 1 heterocycles. The number of rotatable bonds is 4. The first-order valence-electron chi connectivity index (χ1n) is 16.5. The third-order valence-electron chi connectivity index (χ3n) is 13.8. The van der Waals surface area contributed by atoms with Gasteiger partial charge in [-0.05, 0) is 102 Å². The van der Waals surface area contributed by atoms with E-state index in [-0.39, 0.29) is 45.1 Å². The average molecular weight is 577 g/mol. The third kappa shape index (κ3) is 3.81. The maximum absolute atomic E-state index is 12.2. The van der Waals surface area contributed by atoms with Crippen molar-refractivity contribution in [3.63, 3.8) is 0 Å². The SMILES string of the molecule is CC(=O)OC[C@@]12CC[C@]3(C)[C@H](CC[C@@H]4[C@@]5(C)CCC(OC(C)=O)C(C)(C)[C@@H]5CC[C@]43C)C1=C(C(C)C)c1nccnc12. The fourth-order valence-electron chi connectivity index (χ4n) is 11.9. The van der Waals surface area contributed by atoms with E-state index in [1.165, 1.54) is 37.3 Å².